The maximum atomic E-state index is 12.4. The smallest absolute Gasteiger partial charge is 0.326 e. The van der Waals surface area contributed by atoms with Gasteiger partial charge in [-0.05, 0) is 74.0 Å². The van der Waals surface area contributed by atoms with Crippen molar-refractivity contribution in [2.45, 2.75) is 50.6 Å². The molecule has 0 aliphatic heterocycles. The number of anilines is 1. The Bertz CT molecular complexity index is 1010. The van der Waals surface area contributed by atoms with Crippen LogP contribution >= 0.6 is 15.9 Å². The van der Waals surface area contributed by atoms with Crippen molar-refractivity contribution < 1.29 is 24.2 Å². The molecular formula is C26H32BrN3O5. The molecule has 2 amide bonds. The number of hydrogen-bond acceptors (Lipinski definition) is 5. The fraction of sp³-hybridized carbons (Fsp3) is 0.423. The van der Waals surface area contributed by atoms with E-state index in [4.69, 9.17) is 4.74 Å². The number of ether oxygens (including phenoxy) is 1. The van der Waals surface area contributed by atoms with Crippen molar-refractivity contribution >= 4 is 39.6 Å². The summed E-state index contributed by atoms with van der Waals surface area (Å²) < 4.78 is 5.65. The Kier molecular flexibility index (Phi) is 10.1. The number of fused-ring (bicyclic) bond motifs is 1. The second kappa shape index (κ2) is 13.3. The highest BCUT2D eigenvalue weighted by Crippen LogP contribution is 2.34. The van der Waals surface area contributed by atoms with Gasteiger partial charge < -0.3 is 20.5 Å². The molecule has 0 heterocycles. The van der Waals surface area contributed by atoms with Gasteiger partial charge in [0, 0.05) is 29.2 Å². The summed E-state index contributed by atoms with van der Waals surface area (Å²) in [7, 11) is 1.37. The first-order chi connectivity index (χ1) is 16.9. The second-order valence-electron chi connectivity index (χ2n) is 8.61. The number of rotatable bonds is 11. The van der Waals surface area contributed by atoms with Crippen LogP contribution in [0.15, 0.2) is 53.0 Å². The number of halogens is 1. The van der Waals surface area contributed by atoms with Crippen LogP contribution in [0, 0.1) is 0 Å². The Balaban J connectivity index is 1.66. The Morgan fingerprint density at radius 2 is 1.89 bits per heavy atom. The minimum Gasteiger partial charge on any atom is -0.480 e. The van der Waals surface area contributed by atoms with Gasteiger partial charge in [-0.25, -0.2) is 9.59 Å². The van der Waals surface area contributed by atoms with Gasteiger partial charge in [0.05, 0.1) is 7.11 Å². The fourth-order valence-electron chi connectivity index (χ4n) is 4.47. The predicted octanol–water partition coefficient (Wildman–Crippen LogP) is 4.75. The minimum atomic E-state index is -1.09. The lowest BCUT2D eigenvalue weighted by Crippen LogP contribution is -2.45. The number of aliphatic carboxylic acids is 1. The molecule has 8 nitrogen and oxygen atoms in total. The number of benzene rings is 2. The van der Waals surface area contributed by atoms with Crippen molar-refractivity contribution in [1.29, 1.82) is 0 Å². The molecular weight excluding hydrogens is 514 g/mol. The number of amides is 2. The lowest BCUT2D eigenvalue weighted by atomic mass is 9.86. The Morgan fingerprint density at radius 3 is 2.60 bits per heavy atom. The quantitative estimate of drug-likeness (QED) is 0.352. The largest absolute Gasteiger partial charge is 0.480 e. The summed E-state index contributed by atoms with van der Waals surface area (Å²) in [5, 5.41) is 15.0. The van der Waals surface area contributed by atoms with Crippen molar-refractivity contribution in [2.24, 2.45) is 0 Å². The number of nitrogens with zero attached hydrogens (tertiary/aromatic N) is 1. The average molecular weight is 546 g/mol. The van der Waals surface area contributed by atoms with E-state index in [1.165, 1.54) is 18.2 Å². The Hall–Kier alpha value is -2.91. The lowest BCUT2D eigenvalue weighted by molar-refractivity contribution is -0.141. The molecule has 1 aliphatic carbocycles. The van der Waals surface area contributed by atoms with Gasteiger partial charge in [-0.2, -0.15) is 0 Å². The zero-order chi connectivity index (χ0) is 25.2. The number of nitrogens with one attached hydrogen (secondary N) is 2. The number of aryl methyl sites for hydroxylation is 1. The molecule has 1 aliphatic rings. The van der Waals surface area contributed by atoms with Crippen molar-refractivity contribution in [3.8, 4) is 0 Å². The summed E-state index contributed by atoms with van der Waals surface area (Å²) in [4.78, 5) is 38.3. The molecule has 0 bridgehead atoms. The standard InChI is InChI=1S/C26H32BrN3O5/c1-35-24(31)10-5-16-30(23-9-4-7-18-6-2-3-8-21(18)23)17-15-22(25(32)33)29-26(34)28-20-13-11-19(27)12-14-20/h2-3,6,8,11-14,22-23H,4-5,7,9-10,15-17H2,1H3,(H,32,33)(H2,28,29,34)/t22-,23?/m0/s1. The highest BCUT2D eigenvalue weighted by molar-refractivity contribution is 9.10. The summed E-state index contributed by atoms with van der Waals surface area (Å²) in [6.07, 6.45) is 4.19. The first-order valence-electron chi connectivity index (χ1n) is 11.8. The van der Waals surface area contributed by atoms with Gasteiger partial charge in [-0.15, -0.1) is 0 Å². The van der Waals surface area contributed by atoms with Crippen LogP contribution in [0.25, 0.3) is 0 Å². The molecule has 0 saturated carbocycles. The number of carboxylic acids is 1. The SMILES string of the molecule is COC(=O)CCCN(CC[C@H](NC(=O)Nc1ccc(Br)cc1)C(=O)O)C1CCCc2ccccc21. The van der Waals surface area contributed by atoms with E-state index < -0.39 is 18.0 Å². The van der Waals surface area contributed by atoms with Gasteiger partial charge >= 0.3 is 18.0 Å². The third kappa shape index (κ3) is 8.07. The zero-order valence-corrected chi connectivity index (χ0v) is 21.4. The van der Waals surface area contributed by atoms with Gasteiger partial charge in [0.1, 0.15) is 6.04 Å². The minimum absolute atomic E-state index is 0.142. The Labute approximate surface area is 214 Å². The molecule has 188 valence electrons. The van der Waals surface area contributed by atoms with Crippen LogP contribution in [0.1, 0.15) is 49.3 Å². The molecule has 0 aromatic heterocycles. The van der Waals surface area contributed by atoms with Crippen LogP contribution < -0.4 is 10.6 Å². The monoisotopic (exact) mass is 545 g/mol. The molecule has 0 spiro atoms. The van der Waals surface area contributed by atoms with Crippen LogP contribution in [0.3, 0.4) is 0 Å². The molecule has 2 aromatic rings. The third-order valence-corrected chi connectivity index (χ3v) is 6.77. The number of carboxylic acid groups (broad SMARTS) is 1. The zero-order valence-electron chi connectivity index (χ0n) is 19.8. The summed E-state index contributed by atoms with van der Waals surface area (Å²) >= 11 is 3.34. The molecule has 1 unspecified atom stereocenters. The number of methoxy groups -OCH3 is 1. The summed E-state index contributed by atoms with van der Waals surface area (Å²) in [6.45, 7) is 1.10. The predicted molar refractivity (Wildman–Crippen MR) is 137 cm³/mol. The third-order valence-electron chi connectivity index (χ3n) is 6.24. The van der Waals surface area contributed by atoms with Crippen LogP contribution in [0.4, 0.5) is 10.5 Å². The summed E-state index contributed by atoms with van der Waals surface area (Å²) in [5.41, 5.74) is 3.13. The van der Waals surface area contributed by atoms with Crippen molar-refractivity contribution in [3.63, 3.8) is 0 Å². The highest BCUT2D eigenvalue weighted by atomic mass is 79.9. The van der Waals surface area contributed by atoms with E-state index >= 15 is 0 Å². The summed E-state index contributed by atoms with van der Waals surface area (Å²) in [5.74, 6) is -1.35. The fourth-order valence-corrected chi connectivity index (χ4v) is 4.73. The maximum absolute atomic E-state index is 12.4. The first kappa shape index (κ1) is 26.7. The van der Waals surface area contributed by atoms with Crippen LogP contribution in [0.2, 0.25) is 0 Å². The molecule has 0 radical (unpaired) electrons. The van der Waals surface area contributed by atoms with Gasteiger partial charge in [-0.1, -0.05) is 40.2 Å². The molecule has 2 atom stereocenters. The number of esters is 1. The molecule has 9 heteroatoms. The molecule has 0 fully saturated rings. The van der Waals surface area contributed by atoms with Gasteiger partial charge in [0.2, 0.25) is 0 Å². The van der Waals surface area contributed by atoms with E-state index in [1.54, 1.807) is 24.3 Å². The molecule has 3 N–H and O–H groups in total. The lowest BCUT2D eigenvalue weighted by Gasteiger charge is -2.36. The van der Waals surface area contributed by atoms with E-state index in [9.17, 15) is 19.5 Å². The highest BCUT2D eigenvalue weighted by Gasteiger charge is 2.28. The van der Waals surface area contributed by atoms with Crippen molar-refractivity contribution in [1.82, 2.24) is 10.2 Å². The topological polar surface area (TPSA) is 108 Å². The maximum Gasteiger partial charge on any atom is 0.326 e. The van der Waals surface area contributed by atoms with Crippen LogP contribution in [0.5, 0.6) is 0 Å². The van der Waals surface area contributed by atoms with E-state index in [0.29, 0.717) is 31.6 Å². The van der Waals surface area contributed by atoms with Crippen molar-refractivity contribution in [3.05, 3.63) is 64.1 Å². The van der Waals surface area contributed by atoms with E-state index in [1.807, 2.05) is 12.1 Å². The van der Waals surface area contributed by atoms with Gasteiger partial charge in [-0.3, -0.25) is 9.69 Å². The number of hydrogen-bond donors (Lipinski definition) is 3. The number of carbonyl (C=O) groups is 3. The van der Waals surface area contributed by atoms with Crippen LogP contribution in [-0.4, -0.2) is 54.2 Å². The van der Waals surface area contributed by atoms with E-state index in [2.05, 4.69) is 43.6 Å². The van der Waals surface area contributed by atoms with E-state index in [0.717, 1.165) is 23.7 Å². The normalized spacial score (nSPS) is 15.7. The molecule has 0 saturated heterocycles. The second-order valence-corrected chi connectivity index (χ2v) is 9.52. The first-order valence-corrected chi connectivity index (χ1v) is 12.6. The van der Waals surface area contributed by atoms with E-state index in [-0.39, 0.29) is 18.4 Å². The van der Waals surface area contributed by atoms with Gasteiger partial charge in [0.15, 0.2) is 0 Å². The summed E-state index contributed by atoms with van der Waals surface area (Å²) in [6, 6.07) is 13.9. The average Bonchev–Trinajstić information content (AvgIpc) is 2.86. The number of carbonyl (C=O) groups excluding carboxylic acids is 2. The molecule has 2 aromatic carbocycles. The van der Waals surface area contributed by atoms with Crippen LogP contribution in [-0.2, 0) is 20.7 Å². The Morgan fingerprint density at radius 1 is 1.14 bits per heavy atom. The van der Waals surface area contributed by atoms with Crippen molar-refractivity contribution in [2.75, 3.05) is 25.5 Å². The molecule has 35 heavy (non-hydrogen) atoms. The van der Waals surface area contributed by atoms with Gasteiger partial charge in [0.25, 0.3) is 0 Å². The molecule has 3 rings (SSSR count). The number of urea groups is 1.